The van der Waals surface area contributed by atoms with E-state index in [1.54, 1.807) is 0 Å². The molecule has 0 N–H and O–H groups in total. The third kappa shape index (κ3) is 3.25. The number of piperidine rings is 1. The molecule has 2 unspecified atom stereocenters. The molecule has 2 atom stereocenters. The van der Waals surface area contributed by atoms with Crippen molar-refractivity contribution >= 4 is 0 Å². The molecule has 0 amide bonds. The third-order valence-electron chi connectivity index (χ3n) is 3.22. The SMILES string of the molecule is CCOC1CC(C(C)(C)C)CN(C)C1. The van der Waals surface area contributed by atoms with Gasteiger partial charge in [0, 0.05) is 19.7 Å². The molecule has 0 aromatic carbocycles. The highest BCUT2D eigenvalue weighted by molar-refractivity contribution is 4.84. The quantitative estimate of drug-likeness (QED) is 0.677. The fraction of sp³-hybridized carbons (Fsp3) is 1.00. The zero-order chi connectivity index (χ0) is 10.8. The van der Waals surface area contributed by atoms with Crippen LogP contribution in [0.25, 0.3) is 0 Å². The molecular weight excluding hydrogens is 174 g/mol. The topological polar surface area (TPSA) is 12.5 Å². The lowest BCUT2D eigenvalue weighted by Gasteiger charge is -2.41. The van der Waals surface area contributed by atoms with Gasteiger partial charge in [0.15, 0.2) is 0 Å². The van der Waals surface area contributed by atoms with Gasteiger partial charge < -0.3 is 9.64 Å². The Labute approximate surface area is 88.6 Å². The molecule has 1 aliphatic rings. The largest absolute Gasteiger partial charge is 0.377 e. The second kappa shape index (κ2) is 4.63. The van der Waals surface area contributed by atoms with E-state index in [1.807, 2.05) is 0 Å². The van der Waals surface area contributed by atoms with Crippen LogP contribution in [0.1, 0.15) is 34.1 Å². The van der Waals surface area contributed by atoms with Crippen molar-refractivity contribution in [3.8, 4) is 0 Å². The molecule has 0 radical (unpaired) electrons. The molecule has 1 saturated heterocycles. The predicted molar refractivity (Wildman–Crippen MR) is 60.5 cm³/mol. The first-order valence-electron chi connectivity index (χ1n) is 5.73. The number of ether oxygens (including phenoxy) is 1. The number of likely N-dealkylation sites (tertiary alicyclic amines) is 1. The van der Waals surface area contributed by atoms with E-state index in [2.05, 4.69) is 39.6 Å². The van der Waals surface area contributed by atoms with Crippen molar-refractivity contribution in [3.05, 3.63) is 0 Å². The van der Waals surface area contributed by atoms with Crippen LogP contribution >= 0.6 is 0 Å². The van der Waals surface area contributed by atoms with Crippen molar-refractivity contribution in [2.24, 2.45) is 11.3 Å². The van der Waals surface area contributed by atoms with E-state index in [0.717, 1.165) is 19.1 Å². The van der Waals surface area contributed by atoms with Crippen LogP contribution in [-0.4, -0.2) is 37.7 Å². The minimum Gasteiger partial charge on any atom is -0.377 e. The summed E-state index contributed by atoms with van der Waals surface area (Å²) in [6.07, 6.45) is 1.67. The van der Waals surface area contributed by atoms with E-state index >= 15 is 0 Å². The summed E-state index contributed by atoms with van der Waals surface area (Å²) in [4.78, 5) is 2.40. The highest BCUT2D eigenvalue weighted by atomic mass is 16.5. The highest BCUT2D eigenvalue weighted by Gasteiger charge is 2.32. The summed E-state index contributed by atoms with van der Waals surface area (Å²) in [6.45, 7) is 12.2. The number of likely N-dealkylation sites (N-methyl/N-ethyl adjacent to an activating group) is 1. The Kier molecular flexibility index (Phi) is 3.96. The molecule has 14 heavy (non-hydrogen) atoms. The van der Waals surface area contributed by atoms with Crippen LogP contribution in [0.3, 0.4) is 0 Å². The normalized spacial score (nSPS) is 30.6. The van der Waals surface area contributed by atoms with Crippen molar-refractivity contribution < 1.29 is 4.74 Å². The van der Waals surface area contributed by atoms with Crippen molar-refractivity contribution in [1.82, 2.24) is 4.90 Å². The summed E-state index contributed by atoms with van der Waals surface area (Å²) in [6, 6.07) is 0. The van der Waals surface area contributed by atoms with Gasteiger partial charge in [-0.05, 0) is 31.7 Å². The molecular formula is C12H25NO. The van der Waals surface area contributed by atoms with Crippen LogP contribution in [0.4, 0.5) is 0 Å². The fourth-order valence-corrected chi connectivity index (χ4v) is 2.25. The van der Waals surface area contributed by atoms with Gasteiger partial charge in [-0.2, -0.15) is 0 Å². The van der Waals surface area contributed by atoms with Crippen molar-refractivity contribution in [3.63, 3.8) is 0 Å². The fourth-order valence-electron chi connectivity index (χ4n) is 2.25. The smallest absolute Gasteiger partial charge is 0.0705 e. The number of hydrogen-bond acceptors (Lipinski definition) is 2. The van der Waals surface area contributed by atoms with E-state index in [4.69, 9.17) is 4.74 Å². The van der Waals surface area contributed by atoms with E-state index in [9.17, 15) is 0 Å². The zero-order valence-electron chi connectivity index (χ0n) is 10.3. The minimum atomic E-state index is 0.407. The van der Waals surface area contributed by atoms with E-state index < -0.39 is 0 Å². The first-order chi connectivity index (χ1) is 6.43. The third-order valence-corrected chi connectivity index (χ3v) is 3.22. The first-order valence-corrected chi connectivity index (χ1v) is 5.73. The maximum atomic E-state index is 5.74. The monoisotopic (exact) mass is 199 g/mol. The molecule has 1 aliphatic heterocycles. The molecule has 1 fully saturated rings. The Morgan fingerprint density at radius 2 is 1.93 bits per heavy atom. The standard InChI is InChI=1S/C12H25NO/c1-6-14-11-7-10(12(2,3)4)8-13(5)9-11/h10-11H,6-9H2,1-5H3. The van der Waals surface area contributed by atoms with Crippen LogP contribution in [0.2, 0.25) is 0 Å². The van der Waals surface area contributed by atoms with Gasteiger partial charge in [-0.3, -0.25) is 0 Å². The Morgan fingerprint density at radius 3 is 2.43 bits per heavy atom. The lowest BCUT2D eigenvalue weighted by atomic mass is 9.75. The molecule has 0 aliphatic carbocycles. The van der Waals surface area contributed by atoms with Crippen LogP contribution in [0.15, 0.2) is 0 Å². The predicted octanol–water partition coefficient (Wildman–Crippen LogP) is 2.39. The van der Waals surface area contributed by atoms with Gasteiger partial charge >= 0.3 is 0 Å². The summed E-state index contributed by atoms with van der Waals surface area (Å²) < 4.78 is 5.74. The van der Waals surface area contributed by atoms with Crippen LogP contribution in [-0.2, 0) is 4.74 Å². The number of rotatable bonds is 2. The molecule has 84 valence electrons. The Morgan fingerprint density at radius 1 is 1.29 bits per heavy atom. The Hall–Kier alpha value is -0.0800. The van der Waals surface area contributed by atoms with Gasteiger partial charge in [0.25, 0.3) is 0 Å². The zero-order valence-corrected chi connectivity index (χ0v) is 10.3. The van der Waals surface area contributed by atoms with Crippen molar-refractivity contribution in [1.29, 1.82) is 0 Å². The van der Waals surface area contributed by atoms with Crippen LogP contribution in [0, 0.1) is 11.3 Å². The Bertz CT molecular complexity index is 174. The summed E-state index contributed by atoms with van der Waals surface area (Å²) in [5, 5.41) is 0. The van der Waals surface area contributed by atoms with E-state index in [-0.39, 0.29) is 0 Å². The molecule has 2 heteroatoms. The average Bonchev–Trinajstić information content (AvgIpc) is 2.02. The van der Waals surface area contributed by atoms with Crippen molar-refractivity contribution in [2.75, 3.05) is 26.7 Å². The van der Waals surface area contributed by atoms with Crippen LogP contribution < -0.4 is 0 Å². The maximum Gasteiger partial charge on any atom is 0.0705 e. The van der Waals surface area contributed by atoms with Gasteiger partial charge in [-0.1, -0.05) is 20.8 Å². The second-order valence-corrected chi connectivity index (χ2v) is 5.60. The molecule has 0 saturated carbocycles. The maximum absolute atomic E-state index is 5.74. The van der Waals surface area contributed by atoms with Gasteiger partial charge in [-0.25, -0.2) is 0 Å². The van der Waals surface area contributed by atoms with Gasteiger partial charge in [0.1, 0.15) is 0 Å². The summed E-state index contributed by atoms with van der Waals surface area (Å²) in [5.74, 6) is 0.762. The summed E-state index contributed by atoms with van der Waals surface area (Å²) in [7, 11) is 2.20. The van der Waals surface area contributed by atoms with Crippen molar-refractivity contribution in [2.45, 2.75) is 40.2 Å². The summed E-state index contributed by atoms with van der Waals surface area (Å²) >= 11 is 0. The van der Waals surface area contributed by atoms with E-state index in [0.29, 0.717) is 11.5 Å². The van der Waals surface area contributed by atoms with Gasteiger partial charge in [0.05, 0.1) is 6.10 Å². The van der Waals surface area contributed by atoms with Crippen LogP contribution in [0.5, 0.6) is 0 Å². The first kappa shape index (κ1) is 12.0. The highest BCUT2D eigenvalue weighted by Crippen LogP contribution is 2.33. The molecule has 1 heterocycles. The summed E-state index contributed by atoms with van der Waals surface area (Å²) in [5.41, 5.74) is 0.407. The van der Waals surface area contributed by atoms with Gasteiger partial charge in [0.2, 0.25) is 0 Å². The average molecular weight is 199 g/mol. The number of hydrogen-bond donors (Lipinski definition) is 0. The number of nitrogens with zero attached hydrogens (tertiary/aromatic N) is 1. The van der Waals surface area contributed by atoms with E-state index in [1.165, 1.54) is 13.0 Å². The molecule has 2 nitrogen and oxygen atoms in total. The molecule has 1 rings (SSSR count). The lowest BCUT2D eigenvalue weighted by Crippen LogP contribution is -2.46. The molecule has 0 aromatic rings. The minimum absolute atomic E-state index is 0.407. The second-order valence-electron chi connectivity index (χ2n) is 5.60. The molecule has 0 aromatic heterocycles. The molecule has 0 spiro atoms. The lowest BCUT2D eigenvalue weighted by molar-refractivity contribution is -0.0289. The molecule has 0 bridgehead atoms. The Balaban J connectivity index is 2.54. The van der Waals surface area contributed by atoms with Gasteiger partial charge in [-0.15, -0.1) is 0 Å².